The zero-order chi connectivity index (χ0) is 23.8. The molecular weight excluding hydrogens is 495 g/mol. The number of rotatable bonds is 7. The minimum absolute atomic E-state index is 0.437. The van der Waals surface area contributed by atoms with Crippen LogP contribution in [0.15, 0.2) is 36.8 Å². The summed E-state index contributed by atoms with van der Waals surface area (Å²) in [7, 11) is 1.94. The van der Waals surface area contributed by atoms with E-state index >= 15 is 0 Å². The quantitative estimate of drug-likeness (QED) is 0.311. The van der Waals surface area contributed by atoms with Gasteiger partial charge in [0.05, 0.1) is 20.6 Å². The van der Waals surface area contributed by atoms with E-state index < -0.39 is 6.10 Å². The first kappa shape index (κ1) is 23.2. The highest BCUT2D eigenvalue weighted by Crippen LogP contribution is 2.39. The van der Waals surface area contributed by atoms with Crippen molar-refractivity contribution < 1.29 is 4.74 Å². The van der Waals surface area contributed by atoms with Crippen LogP contribution in [0.1, 0.15) is 30.6 Å². The lowest BCUT2D eigenvalue weighted by Crippen LogP contribution is -2.38. The minimum Gasteiger partial charge on any atom is -0.484 e. The molecule has 5 rings (SSSR count). The largest absolute Gasteiger partial charge is 0.484 e. The minimum atomic E-state index is -0.437. The Morgan fingerprint density at radius 2 is 1.85 bits per heavy atom. The Hall–Kier alpha value is -2.58. The average molecular weight is 518 g/mol. The molecular formula is C24H23Cl3N6O. The van der Waals surface area contributed by atoms with Gasteiger partial charge in [-0.05, 0) is 38.6 Å². The zero-order valence-electron chi connectivity index (χ0n) is 18.7. The van der Waals surface area contributed by atoms with E-state index in [0.29, 0.717) is 26.4 Å². The molecule has 1 atom stereocenters. The van der Waals surface area contributed by atoms with Gasteiger partial charge in [-0.1, -0.05) is 34.8 Å². The summed E-state index contributed by atoms with van der Waals surface area (Å²) < 4.78 is 6.19. The van der Waals surface area contributed by atoms with Gasteiger partial charge in [0.15, 0.2) is 0 Å². The van der Waals surface area contributed by atoms with Crippen molar-refractivity contribution >= 4 is 51.5 Å². The molecule has 10 heteroatoms. The molecule has 0 amide bonds. The Morgan fingerprint density at radius 3 is 2.53 bits per heavy atom. The maximum absolute atomic E-state index is 6.54. The SMILES string of the molecule is CNCc1cc(-c2n[nH]c3cc(Cl)c(OC(C)c4c(Cl)cncc4Cl)cc23)cnc1N1CCC1. The van der Waals surface area contributed by atoms with Crippen LogP contribution in [-0.2, 0) is 6.54 Å². The summed E-state index contributed by atoms with van der Waals surface area (Å²) in [6.07, 6.45) is 5.72. The van der Waals surface area contributed by atoms with Gasteiger partial charge in [0, 0.05) is 60.3 Å². The number of aromatic nitrogens is 4. The molecule has 7 nitrogen and oxygen atoms in total. The molecule has 3 aromatic heterocycles. The molecule has 1 aliphatic heterocycles. The third-order valence-corrected chi connectivity index (χ3v) is 6.85. The fourth-order valence-electron chi connectivity index (χ4n) is 4.15. The molecule has 4 aromatic rings. The lowest BCUT2D eigenvalue weighted by Gasteiger charge is -2.33. The summed E-state index contributed by atoms with van der Waals surface area (Å²) in [4.78, 5) is 11.1. The number of nitrogens with one attached hydrogen (secondary N) is 2. The van der Waals surface area contributed by atoms with E-state index in [9.17, 15) is 0 Å². The molecule has 1 fully saturated rings. The van der Waals surface area contributed by atoms with Crippen LogP contribution in [-0.4, -0.2) is 40.3 Å². The van der Waals surface area contributed by atoms with E-state index in [2.05, 4.69) is 31.5 Å². The molecule has 0 aliphatic carbocycles. The van der Waals surface area contributed by atoms with Gasteiger partial charge in [-0.2, -0.15) is 5.10 Å². The van der Waals surface area contributed by atoms with Gasteiger partial charge in [0.2, 0.25) is 0 Å². The topological polar surface area (TPSA) is 79.0 Å². The fraction of sp³-hybridized carbons (Fsp3) is 0.292. The molecule has 4 heterocycles. The standard InChI is InChI=1S/C24H23Cl3N6O/c1-13(22-18(26)11-29-12-19(22)27)34-21-7-16-20(8-17(21)25)31-32-23(16)14-6-15(9-28-2)24(30-10-14)33-4-3-5-33/h6-8,10-13,28H,3-5,9H2,1-2H3,(H,31,32). The highest BCUT2D eigenvalue weighted by atomic mass is 35.5. The van der Waals surface area contributed by atoms with E-state index in [1.807, 2.05) is 32.3 Å². The van der Waals surface area contributed by atoms with Gasteiger partial charge in [-0.3, -0.25) is 10.1 Å². The third kappa shape index (κ3) is 4.29. The van der Waals surface area contributed by atoms with Crippen molar-refractivity contribution in [3.63, 3.8) is 0 Å². The second-order valence-electron chi connectivity index (χ2n) is 8.25. The maximum Gasteiger partial charge on any atom is 0.139 e. The Morgan fingerprint density at radius 1 is 1.09 bits per heavy atom. The number of anilines is 1. The molecule has 0 saturated carbocycles. The van der Waals surface area contributed by atoms with E-state index in [1.54, 1.807) is 12.4 Å². The first-order valence-electron chi connectivity index (χ1n) is 11.0. The van der Waals surface area contributed by atoms with Crippen molar-refractivity contribution in [1.29, 1.82) is 0 Å². The number of aromatic amines is 1. The number of hydrogen-bond donors (Lipinski definition) is 2. The predicted molar refractivity (Wildman–Crippen MR) is 137 cm³/mol. The van der Waals surface area contributed by atoms with Crippen LogP contribution >= 0.6 is 34.8 Å². The molecule has 0 radical (unpaired) electrons. The molecule has 0 spiro atoms. The van der Waals surface area contributed by atoms with Crippen LogP contribution in [0.25, 0.3) is 22.2 Å². The second-order valence-corrected chi connectivity index (χ2v) is 9.48. The average Bonchev–Trinajstić information content (AvgIpc) is 3.16. The van der Waals surface area contributed by atoms with Crippen LogP contribution in [0.3, 0.4) is 0 Å². The number of benzene rings is 1. The number of nitrogens with zero attached hydrogens (tertiary/aromatic N) is 4. The van der Waals surface area contributed by atoms with Crippen molar-refractivity contribution in [3.05, 3.63) is 63.0 Å². The normalized spacial score (nSPS) is 14.3. The summed E-state index contributed by atoms with van der Waals surface area (Å²) in [6.45, 7) is 4.67. The Labute approximate surface area is 212 Å². The lowest BCUT2D eigenvalue weighted by atomic mass is 10.1. The number of ether oxygens (including phenoxy) is 1. The highest BCUT2D eigenvalue weighted by Gasteiger charge is 2.22. The molecule has 1 unspecified atom stereocenters. The van der Waals surface area contributed by atoms with Crippen LogP contribution in [0.5, 0.6) is 5.75 Å². The van der Waals surface area contributed by atoms with Crippen molar-refractivity contribution in [1.82, 2.24) is 25.5 Å². The number of halogens is 3. The fourth-order valence-corrected chi connectivity index (χ4v) is 5.03. The Kier molecular flexibility index (Phi) is 6.53. The van der Waals surface area contributed by atoms with Crippen LogP contribution in [0.2, 0.25) is 15.1 Å². The smallest absolute Gasteiger partial charge is 0.139 e. The Bertz CT molecular complexity index is 1330. The number of hydrogen-bond acceptors (Lipinski definition) is 6. The maximum atomic E-state index is 6.54. The highest BCUT2D eigenvalue weighted by molar-refractivity contribution is 6.36. The third-order valence-electron chi connectivity index (χ3n) is 5.96. The first-order chi connectivity index (χ1) is 16.5. The molecule has 34 heavy (non-hydrogen) atoms. The molecule has 1 saturated heterocycles. The number of fused-ring (bicyclic) bond motifs is 1. The summed E-state index contributed by atoms with van der Waals surface area (Å²) in [6, 6.07) is 5.83. The van der Waals surface area contributed by atoms with Gasteiger partial charge in [0.1, 0.15) is 23.4 Å². The van der Waals surface area contributed by atoms with E-state index in [-0.39, 0.29) is 0 Å². The second kappa shape index (κ2) is 9.58. The summed E-state index contributed by atoms with van der Waals surface area (Å²) in [5.74, 6) is 1.53. The van der Waals surface area contributed by atoms with Crippen molar-refractivity contribution in [2.75, 3.05) is 25.0 Å². The van der Waals surface area contributed by atoms with Crippen LogP contribution < -0.4 is 15.0 Å². The van der Waals surface area contributed by atoms with E-state index in [0.717, 1.165) is 53.2 Å². The van der Waals surface area contributed by atoms with Gasteiger partial charge in [-0.15, -0.1) is 0 Å². The van der Waals surface area contributed by atoms with Crippen molar-refractivity contribution in [2.45, 2.75) is 26.0 Å². The number of H-pyrrole nitrogens is 1. The van der Waals surface area contributed by atoms with Crippen molar-refractivity contribution in [2.24, 2.45) is 0 Å². The van der Waals surface area contributed by atoms with E-state index in [1.165, 1.54) is 6.42 Å². The van der Waals surface area contributed by atoms with Gasteiger partial charge >= 0.3 is 0 Å². The van der Waals surface area contributed by atoms with E-state index in [4.69, 9.17) is 44.5 Å². The monoisotopic (exact) mass is 516 g/mol. The Balaban J connectivity index is 1.52. The number of pyridine rings is 2. The van der Waals surface area contributed by atoms with Gasteiger partial charge in [0.25, 0.3) is 0 Å². The molecule has 0 bridgehead atoms. The molecule has 176 valence electrons. The molecule has 2 N–H and O–H groups in total. The molecule has 1 aromatic carbocycles. The summed E-state index contributed by atoms with van der Waals surface area (Å²) in [5.41, 5.74) is 4.30. The van der Waals surface area contributed by atoms with Gasteiger partial charge < -0.3 is 15.0 Å². The summed E-state index contributed by atoms with van der Waals surface area (Å²) >= 11 is 19.2. The van der Waals surface area contributed by atoms with Gasteiger partial charge in [-0.25, -0.2) is 4.98 Å². The molecule has 1 aliphatic rings. The summed E-state index contributed by atoms with van der Waals surface area (Å²) in [5, 5.41) is 13.1. The van der Waals surface area contributed by atoms with Crippen molar-refractivity contribution in [3.8, 4) is 17.0 Å². The first-order valence-corrected chi connectivity index (χ1v) is 12.1. The van der Waals surface area contributed by atoms with Crippen LogP contribution in [0.4, 0.5) is 5.82 Å². The zero-order valence-corrected chi connectivity index (χ0v) is 21.0. The predicted octanol–water partition coefficient (Wildman–Crippen LogP) is 6.05. The lowest BCUT2D eigenvalue weighted by molar-refractivity contribution is 0.227. The van der Waals surface area contributed by atoms with Crippen LogP contribution in [0, 0.1) is 0 Å².